The standard InChI is InChI=1S/C27H25F3/c1-3-18-12-15-24(27(30)26(18)29)21-10-8-20(9-11-21)23-14-13-22(16-25(23)28)19-6-4-17(2)5-7-19/h3,8-17,19H,1,4-7H2,2H3. The molecular formula is C27H25F3. The van der Waals surface area contributed by atoms with Gasteiger partial charge >= 0.3 is 0 Å². The first-order chi connectivity index (χ1) is 14.5. The zero-order chi connectivity index (χ0) is 21.3. The molecule has 1 aliphatic carbocycles. The molecule has 0 heterocycles. The van der Waals surface area contributed by atoms with Crippen LogP contribution in [0, 0.1) is 23.4 Å². The Labute approximate surface area is 176 Å². The van der Waals surface area contributed by atoms with Gasteiger partial charge in [-0.05, 0) is 47.4 Å². The van der Waals surface area contributed by atoms with Crippen molar-refractivity contribution in [2.75, 3.05) is 0 Å². The normalized spacial score (nSPS) is 18.9. The highest BCUT2D eigenvalue weighted by atomic mass is 19.2. The third-order valence-electron chi connectivity index (χ3n) is 6.32. The Hall–Kier alpha value is -2.81. The maximum atomic E-state index is 14.9. The molecule has 0 nitrogen and oxygen atoms in total. The van der Waals surface area contributed by atoms with Gasteiger partial charge in [0.15, 0.2) is 11.6 Å². The summed E-state index contributed by atoms with van der Waals surface area (Å²) in [5.41, 5.74) is 3.14. The predicted octanol–water partition coefficient (Wildman–Crippen LogP) is 8.37. The molecule has 1 aliphatic rings. The molecule has 1 saturated carbocycles. The van der Waals surface area contributed by atoms with Crippen molar-refractivity contribution in [1.29, 1.82) is 0 Å². The number of halogens is 3. The summed E-state index contributed by atoms with van der Waals surface area (Å²) >= 11 is 0. The van der Waals surface area contributed by atoms with Gasteiger partial charge in [-0.25, -0.2) is 13.2 Å². The topological polar surface area (TPSA) is 0 Å². The molecule has 0 saturated heterocycles. The van der Waals surface area contributed by atoms with Crippen LogP contribution in [-0.4, -0.2) is 0 Å². The van der Waals surface area contributed by atoms with Crippen LogP contribution in [0.5, 0.6) is 0 Å². The lowest BCUT2D eigenvalue weighted by molar-refractivity contribution is 0.347. The van der Waals surface area contributed by atoms with Gasteiger partial charge in [-0.1, -0.05) is 81.0 Å². The van der Waals surface area contributed by atoms with Crippen LogP contribution in [0.4, 0.5) is 13.2 Å². The van der Waals surface area contributed by atoms with Crippen molar-refractivity contribution in [3.8, 4) is 22.3 Å². The van der Waals surface area contributed by atoms with Crippen molar-refractivity contribution in [3.63, 3.8) is 0 Å². The molecule has 0 atom stereocenters. The van der Waals surface area contributed by atoms with Crippen molar-refractivity contribution in [1.82, 2.24) is 0 Å². The molecular weight excluding hydrogens is 381 g/mol. The fraction of sp³-hybridized carbons (Fsp3) is 0.259. The molecule has 154 valence electrons. The Balaban J connectivity index is 1.59. The second-order valence-electron chi connectivity index (χ2n) is 8.31. The number of hydrogen-bond donors (Lipinski definition) is 0. The molecule has 0 unspecified atom stereocenters. The van der Waals surface area contributed by atoms with E-state index in [0.717, 1.165) is 24.3 Å². The second-order valence-corrected chi connectivity index (χ2v) is 8.31. The number of benzene rings is 3. The van der Waals surface area contributed by atoms with E-state index >= 15 is 0 Å². The smallest absolute Gasteiger partial charge is 0.167 e. The lowest BCUT2D eigenvalue weighted by atomic mass is 9.79. The summed E-state index contributed by atoms with van der Waals surface area (Å²) in [6.45, 7) is 5.76. The molecule has 4 rings (SSSR count). The number of rotatable bonds is 4. The lowest BCUT2D eigenvalue weighted by Crippen LogP contribution is -2.11. The van der Waals surface area contributed by atoms with Crippen molar-refractivity contribution < 1.29 is 13.2 Å². The van der Waals surface area contributed by atoms with Crippen LogP contribution in [0.15, 0.2) is 61.2 Å². The van der Waals surface area contributed by atoms with Crippen LogP contribution in [0.1, 0.15) is 49.7 Å². The molecule has 0 bridgehead atoms. The van der Waals surface area contributed by atoms with Gasteiger partial charge in [-0.15, -0.1) is 0 Å². The van der Waals surface area contributed by atoms with Gasteiger partial charge in [0.1, 0.15) is 5.82 Å². The van der Waals surface area contributed by atoms with Crippen LogP contribution in [0.2, 0.25) is 0 Å². The summed E-state index contributed by atoms with van der Waals surface area (Å²) < 4.78 is 43.3. The minimum absolute atomic E-state index is 0.127. The van der Waals surface area contributed by atoms with E-state index in [-0.39, 0.29) is 16.9 Å². The highest BCUT2D eigenvalue weighted by molar-refractivity contribution is 5.72. The van der Waals surface area contributed by atoms with E-state index in [9.17, 15) is 13.2 Å². The minimum atomic E-state index is -0.912. The molecule has 3 heteroatoms. The van der Waals surface area contributed by atoms with E-state index in [2.05, 4.69) is 13.5 Å². The van der Waals surface area contributed by atoms with Crippen LogP contribution in [0.25, 0.3) is 28.3 Å². The van der Waals surface area contributed by atoms with Crippen molar-refractivity contribution >= 4 is 6.08 Å². The minimum Gasteiger partial charge on any atom is -0.206 e. The molecule has 3 aromatic rings. The van der Waals surface area contributed by atoms with Gasteiger partial charge in [0.25, 0.3) is 0 Å². The third kappa shape index (κ3) is 3.94. The summed E-state index contributed by atoms with van der Waals surface area (Å²) in [6.07, 6.45) is 5.90. The Morgan fingerprint density at radius 2 is 1.37 bits per heavy atom. The van der Waals surface area contributed by atoms with Crippen LogP contribution >= 0.6 is 0 Å². The summed E-state index contributed by atoms with van der Waals surface area (Å²) in [5, 5.41) is 0. The van der Waals surface area contributed by atoms with Gasteiger partial charge in [0.05, 0.1) is 0 Å². The zero-order valence-electron chi connectivity index (χ0n) is 17.1. The van der Waals surface area contributed by atoms with Crippen LogP contribution in [0.3, 0.4) is 0 Å². The predicted molar refractivity (Wildman–Crippen MR) is 118 cm³/mol. The quantitative estimate of drug-likeness (QED) is 0.408. The Bertz CT molecular complexity index is 1060. The maximum absolute atomic E-state index is 14.9. The Morgan fingerprint density at radius 3 is 1.97 bits per heavy atom. The number of hydrogen-bond acceptors (Lipinski definition) is 0. The van der Waals surface area contributed by atoms with Crippen molar-refractivity contribution in [2.45, 2.75) is 38.5 Å². The molecule has 3 aromatic carbocycles. The summed E-state index contributed by atoms with van der Waals surface area (Å²) in [7, 11) is 0. The average molecular weight is 406 g/mol. The van der Waals surface area contributed by atoms with Gasteiger partial charge in [-0.3, -0.25) is 0 Å². The van der Waals surface area contributed by atoms with Crippen molar-refractivity contribution in [3.05, 3.63) is 89.8 Å². The molecule has 0 aromatic heterocycles. The Morgan fingerprint density at radius 1 is 0.767 bits per heavy atom. The highest BCUT2D eigenvalue weighted by Gasteiger charge is 2.21. The largest absolute Gasteiger partial charge is 0.206 e. The van der Waals surface area contributed by atoms with Crippen LogP contribution < -0.4 is 0 Å². The maximum Gasteiger partial charge on any atom is 0.167 e. The summed E-state index contributed by atoms with van der Waals surface area (Å²) in [6, 6.07) is 15.4. The first kappa shape index (κ1) is 20.5. The monoisotopic (exact) mass is 406 g/mol. The third-order valence-corrected chi connectivity index (χ3v) is 6.32. The zero-order valence-corrected chi connectivity index (χ0v) is 17.1. The van der Waals surface area contributed by atoms with E-state index in [4.69, 9.17) is 0 Å². The highest BCUT2D eigenvalue weighted by Crippen LogP contribution is 2.37. The Kier molecular flexibility index (Phi) is 5.80. The van der Waals surface area contributed by atoms with Crippen molar-refractivity contribution in [2.24, 2.45) is 5.92 Å². The van der Waals surface area contributed by atoms with E-state index in [0.29, 0.717) is 22.6 Å². The summed E-state index contributed by atoms with van der Waals surface area (Å²) in [4.78, 5) is 0. The molecule has 0 N–H and O–H groups in total. The lowest BCUT2D eigenvalue weighted by Gasteiger charge is -2.26. The van der Waals surface area contributed by atoms with Gasteiger partial charge in [-0.2, -0.15) is 0 Å². The van der Waals surface area contributed by atoms with Crippen LogP contribution in [-0.2, 0) is 0 Å². The van der Waals surface area contributed by atoms with Gasteiger partial charge in [0, 0.05) is 16.7 Å². The van der Waals surface area contributed by atoms with E-state index < -0.39 is 11.6 Å². The van der Waals surface area contributed by atoms with E-state index in [1.54, 1.807) is 30.3 Å². The molecule has 0 radical (unpaired) electrons. The SMILES string of the molecule is C=Cc1ccc(-c2ccc(-c3ccc(C4CCC(C)CC4)cc3F)cc2)c(F)c1F. The molecule has 0 spiro atoms. The first-order valence-corrected chi connectivity index (χ1v) is 10.5. The van der Waals surface area contributed by atoms with E-state index in [1.165, 1.54) is 31.1 Å². The molecule has 1 fully saturated rings. The molecule has 0 aliphatic heterocycles. The van der Waals surface area contributed by atoms with Gasteiger partial charge < -0.3 is 0 Å². The van der Waals surface area contributed by atoms with E-state index in [1.807, 2.05) is 12.1 Å². The molecule has 0 amide bonds. The fourth-order valence-corrected chi connectivity index (χ4v) is 4.39. The second kappa shape index (κ2) is 8.51. The summed E-state index contributed by atoms with van der Waals surface area (Å²) in [5.74, 6) is -0.868. The fourth-order valence-electron chi connectivity index (χ4n) is 4.39. The molecule has 30 heavy (non-hydrogen) atoms. The first-order valence-electron chi connectivity index (χ1n) is 10.5. The average Bonchev–Trinajstić information content (AvgIpc) is 2.76. The van der Waals surface area contributed by atoms with Gasteiger partial charge in [0.2, 0.25) is 0 Å².